The van der Waals surface area contributed by atoms with Gasteiger partial charge in [0.2, 0.25) is 6.20 Å². The van der Waals surface area contributed by atoms with Gasteiger partial charge in [-0.1, -0.05) is 0 Å². The van der Waals surface area contributed by atoms with Crippen molar-refractivity contribution in [2.75, 3.05) is 7.05 Å². The van der Waals surface area contributed by atoms with E-state index in [-0.39, 0.29) is 17.1 Å². The van der Waals surface area contributed by atoms with Gasteiger partial charge in [-0.2, -0.15) is 0 Å². The van der Waals surface area contributed by atoms with E-state index in [4.69, 9.17) is 5.11 Å². The number of hydrogen-bond acceptors (Lipinski definition) is 5. The maximum atomic E-state index is 13.2. The highest BCUT2D eigenvalue weighted by Crippen LogP contribution is 2.24. The Morgan fingerprint density at radius 2 is 1.95 bits per heavy atom. The van der Waals surface area contributed by atoms with Crippen LogP contribution in [0.25, 0.3) is 6.08 Å². The van der Waals surface area contributed by atoms with Gasteiger partial charge in [-0.3, -0.25) is 19.8 Å². The first-order valence-electron chi connectivity index (χ1n) is 5.87. The van der Waals surface area contributed by atoms with Crippen LogP contribution >= 0.6 is 0 Å². The fourth-order valence-corrected chi connectivity index (χ4v) is 1.72. The summed E-state index contributed by atoms with van der Waals surface area (Å²) in [4.78, 5) is 26.4. The standard InChI is InChI=1S/C13H9F2N3O4/c1-17-11(2-3-18(21)22)16-10(13(17)20)6-7-4-8(14)12(19)9(15)5-7/h2-6,19H,1H3. The van der Waals surface area contributed by atoms with Crippen molar-refractivity contribution in [2.45, 2.75) is 0 Å². The van der Waals surface area contributed by atoms with Gasteiger partial charge in [-0.05, 0) is 23.8 Å². The first-order valence-corrected chi connectivity index (χ1v) is 5.87. The lowest BCUT2D eigenvalue weighted by molar-refractivity contribution is -0.402. The normalized spacial score (nSPS) is 16.7. The average Bonchev–Trinajstić information content (AvgIpc) is 2.70. The third-order valence-electron chi connectivity index (χ3n) is 2.79. The highest BCUT2D eigenvalue weighted by atomic mass is 19.1. The van der Waals surface area contributed by atoms with Crippen molar-refractivity contribution in [3.63, 3.8) is 0 Å². The van der Waals surface area contributed by atoms with Crippen molar-refractivity contribution in [3.05, 3.63) is 57.4 Å². The van der Waals surface area contributed by atoms with Gasteiger partial charge in [0.05, 0.1) is 11.0 Å². The molecule has 22 heavy (non-hydrogen) atoms. The molecule has 7 nitrogen and oxygen atoms in total. The maximum Gasteiger partial charge on any atom is 0.277 e. The van der Waals surface area contributed by atoms with Crippen molar-refractivity contribution in [1.29, 1.82) is 0 Å². The van der Waals surface area contributed by atoms with Crippen LogP contribution in [0.5, 0.6) is 5.75 Å². The third-order valence-corrected chi connectivity index (χ3v) is 2.79. The quantitative estimate of drug-likeness (QED) is 0.522. The van der Waals surface area contributed by atoms with Crippen LogP contribution in [0.3, 0.4) is 0 Å². The van der Waals surface area contributed by atoms with E-state index in [0.717, 1.165) is 29.2 Å². The third kappa shape index (κ3) is 2.97. The number of carbonyl (C=O) groups is 1. The van der Waals surface area contributed by atoms with Crippen LogP contribution < -0.4 is 0 Å². The summed E-state index contributed by atoms with van der Waals surface area (Å²) in [7, 11) is 1.35. The molecule has 1 amide bonds. The molecule has 1 aliphatic rings. The van der Waals surface area contributed by atoms with Crippen LogP contribution in [0.4, 0.5) is 8.78 Å². The molecule has 0 saturated heterocycles. The Morgan fingerprint density at radius 1 is 1.36 bits per heavy atom. The SMILES string of the molecule is CN1C(=O)C(=Cc2cc(F)c(O)c(F)c2)N=C1C=C[N+](=O)[O-]. The molecule has 9 heteroatoms. The Hall–Kier alpha value is -3.10. The number of hydrogen-bond donors (Lipinski definition) is 1. The molecule has 0 aliphatic carbocycles. The largest absolute Gasteiger partial charge is 0.503 e. The van der Waals surface area contributed by atoms with Crippen LogP contribution in [0.1, 0.15) is 5.56 Å². The molecule has 1 aromatic rings. The van der Waals surface area contributed by atoms with Crippen LogP contribution in [-0.4, -0.2) is 33.7 Å². The Morgan fingerprint density at radius 3 is 2.50 bits per heavy atom. The number of carbonyl (C=O) groups excluding carboxylic acids is 1. The average molecular weight is 309 g/mol. The second kappa shape index (κ2) is 5.72. The molecule has 0 spiro atoms. The van der Waals surface area contributed by atoms with E-state index < -0.39 is 28.2 Å². The number of phenolic OH excluding ortho intramolecular Hbond substituents is 1. The number of phenols is 1. The maximum absolute atomic E-state index is 13.2. The predicted octanol–water partition coefficient (Wildman–Crippen LogP) is 1.67. The van der Waals surface area contributed by atoms with Crippen molar-refractivity contribution in [1.82, 2.24) is 4.90 Å². The molecule has 0 aromatic heterocycles. The number of amidine groups is 1. The van der Waals surface area contributed by atoms with Gasteiger partial charge >= 0.3 is 0 Å². The molecule has 0 fully saturated rings. The zero-order valence-electron chi connectivity index (χ0n) is 11.2. The van der Waals surface area contributed by atoms with E-state index in [1.165, 1.54) is 7.05 Å². The topological polar surface area (TPSA) is 96.0 Å². The number of halogens is 2. The van der Waals surface area contributed by atoms with E-state index in [9.17, 15) is 23.7 Å². The molecular weight excluding hydrogens is 300 g/mol. The monoisotopic (exact) mass is 309 g/mol. The van der Waals surface area contributed by atoms with Crippen molar-refractivity contribution >= 4 is 17.8 Å². The van der Waals surface area contributed by atoms with Crippen LogP contribution in [0.2, 0.25) is 0 Å². The molecule has 0 radical (unpaired) electrons. The van der Waals surface area contributed by atoms with E-state index >= 15 is 0 Å². The Balaban J connectivity index is 2.39. The first-order chi connectivity index (χ1) is 10.3. The predicted molar refractivity (Wildman–Crippen MR) is 72.3 cm³/mol. The summed E-state index contributed by atoms with van der Waals surface area (Å²) in [5.74, 6) is -4.04. The Bertz CT molecular complexity index is 733. The van der Waals surface area contributed by atoms with E-state index in [0.29, 0.717) is 6.20 Å². The summed E-state index contributed by atoms with van der Waals surface area (Å²) in [5.41, 5.74) is -0.164. The summed E-state index contributed by atoms with van der Waals surface area (Å²) in [5, 5.41) is 19.3. The van der Waals surface area contributed by atoms with Gasteiger partial charge in [0.15, 0.2) is 17.4 Å². The molecule has 1 aromatic carbocycles. The zero-order valence-corrected chi connectivity index (χ0v) is 11.2. The molecular formula is C13H9F2N3O4. The van der Waals surface area contributed by atoms with E-state index in [2.05, 4.69) is 4.99 Å². The van der Waals surface area contributed by atoms with Gasteiger partial charge in [-0.25, -0.2) is 13.8 Å². The van der Waals surface area contributed by atoms with Crippen LogP contribution in [-0.2, 0) is 4.79 Å². The number of aromatic hydroxyl groups is 1. The summed E-state index contributed by atoms with van der Waals surface area (Å²) >= 11 is 0. The van der Waals surface area contributed by atoms with Crippen molar-refractivity contribution in [3.8, 4) is 5.75 Å². The highest BCUT2D eigenvalue weighted by Gasteiger charge is 2.26. The van der Waals surface area contributed by atoms with E-state index in [1.54, 1.807) is 0 Å². The van der Waals surface area contributed by atoms with Gasteiger partial charge in [0.25, 0.3) is 5.91 Å². The van der Waals surface area contributed by atoms with Crippen molar-refractivity contribution < 1.29 is 23.6 Å². The van der Waals surface area contributed by atoms with Gasteiger partial charge in [0, 0.05) is 7.05 Å². The Kier molecular flexibility index (Phi) is 3.97. The number of amides is 1. The molecule has 0 unspecified atom stereocenters. The molecule has 0 atom stereocenters. The van der Waals surface area contributed by atoms with E-state index in [1.807, 2.05) is 0 Å². The second-order valence-corrected chi connectivity index (χ2v) is 4.30. The molecule has 1 N–H and O–H groups in total. The lowest BCUT2D eigenvalue weighted by Crippen LogP contribution is -2.26. The first kappa shape index (κ1) is 15.3. The lowest BCUT2D eigenvalue weighted by Gasteiger charge is -2.06. The fraction of sp³-hybridized carbons (Fsp3) is 0.0769. The summed E-state index contributed by atoms with van der Waals surface area (Å²) in [6.45, 7) is 0. The molecule has 2 rings (SSSR count). The molecule has 0 saturated carbocycles. The number of rotatable bonds is 3. The van der Waals surface area contributed by atoms with Gasteiger partial charge in [0.1, 0.15) is 11.5 Å². The minimum Gasteiger partial charge on any atom is -0.503 e. The number of aliphatic imine (C=N–C) groups is 1. The number of nitrogens with zero attached hydrogens (tertiary/aromatic N) is 3. The van der Waals surface area contributed by atoms with Gasteiger partial charge < -0.3 is 5.11 Å². The molecule has 1 aliphatic heterocycles. The number of benzene rings is 1. The minimum atomic E-state index is -1.18. The number of likely N-dealkylation sites (N-methyl/N-ethyl adjacent to an activating group) is 1. The van der Waals surface area contributed by atoms with Crippen LogP contribution in [0.15, 0.2) is 35.1 Å². The van der Waals surface area contributed by atoms with Crippen molar-refractivity contribution in [2.24, 2.45) is 4.99 Å². The van der Waals surface area contributed by atoms with Gasteiger partial charge in [-0.15, -0.1) is 0 Å². The van der Waals surface area contributed by atoms with Crippen LogP contribution in [0, 0.1) is 21.7 Å². The summed E-state index contributed by atoms with van der Waals surface area (Å²) in [6, 6.07) is 1.66. The molecule has 1 heterocycles. The number of nitro groups is 1. The lowest BCUT2D eigenvalue weighted by atomic mass is 10.1. The Labute approximate surface area is 122 Å². The summed E-state index contributed by atoms with van der Waals surface area (Å²) < 4.78 is 26.5. The molecule has 0 bridgehead atoms. The zero-order chi connectivity index (χ0) is 16.4. The summed E-state index contributed by atoms with van der Waals surface area (Å²) in [6.07, 6.45) is 2.75. The highest BCUT2D eigenvalue weighted by molar-refractivity contribution is 6.17. The second-order valence-electron chi connectivity index (χ2n) is 4.30. The smallest absolute Gasteiger partial charge is 0.277 e. The minimum absolute atomic E-state index is 0.0206. The fourth-order valence-electron chi connectivity index (χ4n) is 1.72. The molecule has 114 valence electrons.